The molecule has 3 fully saturated rings. The summed E-state index contributed by atoms with van der Waals surface area (Å²) >= 11 is 0. The molecule has 0 radical (unpaired) electrons. The average Bonchev–Trinajstić information content (AvgIpc) is 2.70. The third-order valence-corrected chi connectivity index (χ3v) is 7.63. The maximum atomic E-state index is 11.8. The molecule has 1 aliphatic carbocycles. The molecule has 0 spiro atoms. The van der Waals surface area contributed by atoms with Crippen LogP contribution in [-0.4, -0.2) is 71.2 Å². The van der Waals surface area contributed by atoms with Gasteiger partial charge in [0, 0.05) is 25.6 Å². The molecule has 3 aliphatic rings. The number of nitrogens with zero attached hydrogens (tertiary/aromatic N) is 1. The van der Waals surface area contributed by atoms with E-state index in [0.717, 1.165) is 45.9 Å². The first-order chi connectivity index (χ1) is 14.5. The van der Waals surface area contributed by atoms with Gasteiger partial charge in [0.1, 0.15) is 0 Å². The number of likely N-dealkylation sites (tertiary alicyclic amines) is 1. The highest BCUT2D eigenvalue weighted by Gasteiger charge is 2.34. The summed E-state index contributed by atoms with van der Waals surface area (Å²) in [5, 5.41) is 0. The monoisotopic (exact) mass is 436 g/mol. The fraction of sp³-hybridized carbons (Fsp3) is 0.739. The molecule has 0 aromatic heterocycles. The largest absolute Gasteiger partial charge is 0.381 e. The highest BCUT2D eigenvalue weighted by Crippen LogP contribution is 2.36. The van der Waals surface area contributed by atoms with Gasteiger partial charge in [0.15, 0.2) is 0 Å². The summed E-state index contributed by atoms with van der Waals surface area (Å²) in [6.45, 7) is 5.15. The molecule has 6 nitrogen and oxygen atoms in total. The summed E-state index contributed by atoms with van der Waals surface area (Å²) < 4.78 is 38.2. The molecule has 2 atom stereocenters. The molecule has 4 rings (SSSR count). The summed E-state index contributed by atoms with van der Waals surface area (Å²) in [6.07, 6.45) is 6.74. The van der Waals surface area contributed by atoms with Crippen LogP contribution in [0.25, 0.3) is 0 Å². The molecule has 1 aromatic carbocycles. The van der Waals surface area contributed by atoms with Crippen molar-refractivity contribution < 1.29 is 17.9 Å². The Hall–Kier alpha value is -0.990. The van der Waals surface area contributed by atoms with Crippen molar-refractivity contribution in [3.63, 3.8) is 0 Å². The van der Waals surface area contributed by atoms with E-state index in [2.05, 4.69) is 40.0 Å². The van der Waals surface area contributed by atoms with Gasteiger partial charge in [0.25, 0.3) is 0 Å². The van der Waals surface area contributed by atoms with Crippen molar-refractivity contribution in [3.8, 4) is 0 Å². The molecule has 7 heteroatoms. The first-order valence-corrected chi connectivity index (χ1v) is 13.3. The van der Waals surface area contributed by atoms with Gasteiger partial charge in [-0.05, 0) is 56.0 Å². The van der Waals surface area contributed by atoms with Crippen molar-refractivity contribution in [1.82, 2.24) is 9.62 Å². The molecule has 168 valence electrons. The third-order valence-electron chi connectivity index (χ3n) is 6.90. The number of hydrogen-bond donors (Lipinski definition) is 1. The molecule has 0 unspecified atom stereocenters. The van der Waals surface area contributed by atoms with E-state index in [1.54, 1.807) is 0 Å². The lowest BCUT2D eigenvalue weighted by Crippen LogP contribution is -2.56. The Labute approximate surface area is 181 Å². The predicted octanol–water partition coefficient (Wildman–Crippen LogP) is 2.62. The number of rotatable bonds is 8. The Bertz CT molecular complexity index is 761. The Morgan fingerprint density at radius 3 is 2.43 bits per heavy atom. The number of hydrogen-bond acceptors (Lipinski definition) is 5. The van der Waals surface area contributed by atoms with E-state index in [4.69, 9.17) is 9.47 Å². The van der Waals surface area contributed by atoms with E-state index in [1.807, 2.05) is 0 Å². The smallest absolute Gasteiger partial charge is 0.209 e. The molecule has 1 saturated carbocycles. The van der Waals surface area contributed by atoms with Crippen LogP contribution in [0.2, 0.25) is 0 Å². The van der Waals surface area contributed by atoms with Gasteiger partial charge in [-0.25, -0.2) is 13.1 Å². The van der Waals surface area contributed by atoms with E-state index in [0.29, 0.717) is 17.8 Å². The zero-order valence-corrected chi connectivity index (χ0v) is 18.9. The number of sulfonamides is 1. The van der Waals surface area contributed by atoms with Gasteiger partial charge in [-0.15, -0.1) is 0 Å². The highest BCUT2D eigenvalue weighted by atomic mass is 32.2. The predicted molar refractivity (Wildman–Crippen MR) is 118 cm³/mol. The summed E-state index contributed by atoms with van der Waals surface area (Å²) in [6, 6.07) is 10.7. The zero-order valence-electron chi connectivity index (χ0n) is 18.0. The molecular weight excluding hydrogens is 400 g/mol. The first-order valence-electron chi connectivity index (χ1n) is 11.4. The lowest BCUT2D eigenvalue weighted by atomic mass is 9.79. The highest BCUT2D eigenvalue weighted by molar-refractivity contribution is 7.88. The van der Waals surface area contributed by atoms with Gasteiger partial charge in [0.05, 0.1) is 31.6 Å². The van der Waals surface area contributed by atoms with Crippen LogP contribution >= 0.6 is 0 Å². The molecule has 2 saturated heterocycles. The van der Waals surface area contributed by atoms with Crippen LogP contribution in [0.5, 0.6) is 0 Å². The average molecular weight is 437 g/mol. The van der Waals surface area contributed by atoms with Crippen molar-refractivity contribution in [1.29, 1.82) is 0 Å². The Morgan fingerprint density at radius 1 is 1.07 bits per heavy atom. The van der Waals surface area contributed by atoms with Crippen LogP contribution in [0.3, 0.4) is 0 Å². The minimum atomic E-state index is -3.24. The maximum Gasteiger partial charge on any atom is 0.209 e. The number of ether oxygens (including phenoxy) is 2. The number of piperidine rings is 1. The summed E-state index contributed by atoms with van der Waals surface area (Å²) in [7, 11) is -3.24. The van der Waals surface area contributed by atoms with Crippen molar-refractivity contribution in [3.05, 3.63) is 35.9 Å². The van der Waals surface area contributed by atoms with Gasteiger partial charge in [-0.1, -0.05) is 30.3 Å². The zero-order chi connectivity index (χ0) is 21.0. The topological polar surface area (TPSA) is 67.9 Å². The van der Waals surface area contributed by atoms with E-state index < -0.39 is 10.0 Å². The van der Waals surface area contributed by atoms with Crippen LogP contribution in [0, 0.1) is 11.8 Å². The Kier molecular flexibility index (Phi) is 7.47. The second kappa shape index (κ2) is 10.1. The van der Waals surface area contributed by atoms with Crippen LogP contribution < -0.4 is 4.72 Å². The van der Waals surface area contributed by atoms with E-state index >= 15 is 0 Å². The van der Waals surface area contributed by atoms with Gasteiger partial charge in [-0.2, -0.15) is 0 Å². The quantitative estimate of drug-likeness (QED) is 0.679. The summed E-state index contributed by atoms with van der Waals surface area (Å²) in [4.78, 5) is 2.42. The fourth-order valence-corrected chi connectivity index (χ4v) is 5.95. The molecule has 30 heavy (non-hydrogen) atoms. The molecular formula is C23H36N2O4S. The van der Waals surface area contributed by atoms with Crippen LogP contribution in [0.15, 0.2) is 30.3 Å². The van der Waals surface area contributed by atoms with Crippen LogP contribution in [-0.2, 0) is 19.5 Å². The minimum absolute atomic E-state index is 0.0821. The summed E-state index contributed by atoms with van der Waals surface area (Å²) in [5.74, 6) is 1.84. The Balaban J connectivity index is 1.28. The van der Waals surface area contributed by atoms with E-state index in [9.17, 15) is 8.42 Å². The molecule has 0 amide bonds. The lowest BCUT2D eigenvalue weighted by Gasteiger charge is -2.41. The number of benzene rings is 1. The van der Waals surface area contributed by atoms with Crippen molar-refractivity contribution in [2.45, 2.75) is 50.2 Å². The lowest BCUT2D eigenvalue weighted by molar-refractivity contribution is -0.0719. The van der Waals surface area contributed by atoms with Crippen LogP contribution in [0.4, 0.5) is 0 Å². The van der Waals surface area contributed by atoms with E-state index in [-0.39, 0.29) is 12.1 Å². The van der Waals surface area contributed by atoms with Crippen molar-refractivity contribution in [2.24, 2.45) is 11.8 Å². The molecule has 1 aromatic rings. The van der Waals surface area contributed by atoms with Crippen molar-refractivity contribution >= 4 is 10.0 Å². The fourth-order valence-electron chi connectivity index (χ4n) is 5.13. The van der Waals surface area contributed by atoms with Gasteiger partial charge in [0.2, 0.25) is 10.0 Å². The van der Waals surface area contributed by atoms with Crippen LogP contribution in [0.1, 0.15) is 43.6 Å². The normalized spacial score (nSPS) is 31.4. The maximum absolute atomic E-state index is 11.8. The number of nitrogens with one attached hydrogen (secondary N) is 1. The second-order valence-electron chi connectivity index (χ2n) is 9.45. The van der Waals surface area contributed by atoms with Gasteiger partial charge >= 0.3 is 0 Å². The minimum Gasteiger partial charge on any atom is -0.381 e. The molecule has 2 heterocycles. The Morgan fingerprint density at radius 2 is 1.80 bits per heavy atom. The van der Waals surface area contributed by atoms with E-state index in [1.165, 1.54) is 37.5 Å². The summed E-state index contributed by atoms with van der Waals surface area (Å²) in [5.41, 5.74) is 1.46. The first kappa shape index (κ1) is 22.2. The van der Waals surface area contributed by atoms with Gasteiger partial charge < -0.3 is 14.4 Å². The molecule has 2 aliphatic heterocycles. The standard InChI is InChI=1S/C23H36N2O4S/c1-30(26,27)24-22-11-12-25(13-19-15-28-16-19)14-23(22)29-17-18-7-9-21(10-8-18)20-5-3-2-4-6-20/h2-6,18-19,21-24H,7-17H2,1H3/t18?,21?,22-,23+/m1/s1. The second-order valence-corrected chi connectivity index (χ2v) is 11.2. The molecule has 1 N–H and O–H groups in total. The third kappa shape index (κ3) is 6.26. The van der Waals surface area contributed by atoms with Gasteiger partial charge in [-0.3, -0.25) is 0 Å². The van der Waals surface area contributed by atoms with Crippen molar-refractivity contribution in [2.75, 3.05) is 45.7 Å². The SMILES string of the molecule is CS(=O)(=O)N[C@@H]1CCN(CC2COC2)C[C@@H]1OCC1CCC(c2ccccc2)CC1. The molecule has 0 bridgehead atoms.